The van der Waals surface area contributed by atoms with Gasteiger partial charge in [0.25, 0.3) is 0 Å². The normalized spacial score (nSPS) is 20.9. The number of fused-ring (bicyclic) bond motifs is 2. The highest BCUT2D eigenvalue weighted by atomic mass is 16.6. The molecule has 0 radical (unpaired) electrons. The molecule has 0 aromatic heterocycles. The van der Waals surface area contributed by atoms with Gasteiger partial charge < -0.3 is 39.4 Å². The van der Waals surface area contributed by atoms with Crippen LogP contribution in [0.3, 0.4) is 0 Å². The van der Waals surface area contributed by atoms with E-state index in [1.165, 1.54) is 19.2 Å². The molecule has 3 atom stereocenters. The molecule has 2 heterocycles. The van der Waals surface area contributed by atoms with Crippen molar-refractivity contribution in [3.05, 3.63) is 65.2 Å². The molecule has 4 N–H and O–H groups in total. The lowest BCUT2D eigenvalue weighted by Gasteiger charge is -2.34. The average molecular weight is 466 g/mol. The van der Waals surface area contributed by atoms with Gasteiger partial charge in [0.15, 0.2) is 41.0 Å². The van der Waals surface area contributed by atoms with Crippen molar-refractivity contribution < 1.29 is 44.2 Å². The number of carbonyl (C=O) groups excluding carboxylic acids is 1. The molecule has 0 spiro atoms. The number of phenols is 3. The van der Waals surface area contributed by atoms with Crippen LogP contribution in [0.4, 0.5) is 0 Å². The molecular weight excluding hydrogens is 444 g/mol. The third kappa shape index (κ3) is 3.69. The van der Waals surface area contributed by atoms with Gasteiger partial charge in [-0.3, -0.25) is 4.79 Å². The summed E-state index contributed by atoms with van der Waals surface area (Å²) in [7, 11) is 1.44. The first-order chi connectivity index (χ1) is 16.4. The van der Waals surface area contributed by atoms with E-state index in [4.69, 9.17) is 18.9 Å². The number of hydrogen-bond acceptors (Lipinski definition) is 9. The van der Waals surface area contributed by atoms with Gasteiger partial charge in [-0.15, -0.1) is 0 Å². The maximum absolute atomic E-state index is 12.6. The fourth-order valence-corrected chi connectivity index (χ4v) is 4.25. The number of aliphatic hydroxyl groups is 1. The molecule has 0 saturated carbocycles. The zero-order valence-corrected chi connectivity index (χ0v) is 18.1. The maximum atomic E-state index is 12.6. The molecule has 3 aromatic carbocycles. The van der Waals surface area contributed by atoms with E-state index in [0.717, 1.165) is 6.07 Å². The molecule has 2 aliphatic heterocycles. The Kier molecular flexibility index (Phi) is 5.33. The predicted octanol–water partition coefficient (Wildman–Crippen LogP) is 3.39. The van der Waals surface area contributed by atoms with Crippen LogP contribution in [0.5, 0.6) is 40.2 Å². The SMILES string of the molecule is COc1cc([C@@H]2Oc3ccc([C@H]4CC(=O)c5c(O)cc(O)cc5O4)cc3O[C@@H]2CO)ccc1O. The summed E-state index contributed by atoms with van der Waals surface area (Å²) in [6, 6.07) is 12.3. The van der Waals surface area contributed by atoms with Crippen molar-refractivity contribution in [2.45, 2.75) is 24.7 Å². The van der Waals surface area contributed by atoms with Gasteiger partial charge in [-0.25, -0.2) is 0 Å². The third-order valence-corrected chi connectivity index (χ3v) is 5.91. The number of aliphatic hydroxyl groups excluding tert-OH is 1. The van der Waals surface area contributed by atoms with Gasteiger partial charge in [0, 0.05) is 17.7 Å². The second kappa shape index (κ2) is 8.35. The minimum Gasteiger partial charge on any atom is -0.508 e. The van der Waals surface area contributed by atoms with Crippen LogP contribution in [0.25, 0.3) is 0 Å². The van der Waals surface area contributed by atoms with Crippen molar-refractivity contribution >= 4 is 5.78 Å². The molecule has 2 aliphatic rings. The van der Waals surface area contributed by atoms with Gasteiger partial charge >= 0.3 is 0 Å². The van der Waals surface area contributed by atoms with Crippen molar-refractivity contribution in [3.8, 4) is 40.2 Å². The summed E-state index contributed by atoms with van der Waals surface area (Å²) < 4.78 is 23.2. The summed E-state index contributed by atoms with van der Waals surface area (Å²) in [5.41, 5.74) is 1.32. The number of ketones is 1. The number of phenolic OH excluding ortho intramolecular Hbond substituents is 3. The molecule has 0 fully saturated rings. The highest BCUT2D eigenvalue weighted by molar-refractivity contribution is 6.02. The van der Waals surface area contributed by atoms with Crippen LogP contribution in [0.2, 0.25) is 0 Å². The molecule has 9 heteroatoms. The molecule has 176 valence electrons. The molecule has 34 heavy (non-hydrogen) atoms. The predicted molar refractivity (Wildman–Crippen MR) is 118 cm³/mol. The van der Waals surface area contributed by atoms with Crippen LogP contribution in [-0.2, 0) is 0 Å². The van der Waals surface area contributed by atoms with Crippen LogP contribution in [0, 0.1) is 0 Å². The zero-order chi connectivity index (χ0) is 24.0. The second-order valence-electron chi connectivity index (χ2n) is 8.09. The molecule has 0 bridgehead atoms. The lowest BCUT2D eigenvalue weighted by atomic mass is 9.95. The standard InChI is InChI=1S/C25H22O9/c1-31-20-7-13(2-4-15(20)28)25-23(11-26)33-21-6-12(3-5-18(21)34-25)19-10-17(30)24-16(29)8-14(27)9-22(24)32-19/h2-9,19,23,25-29H,10-11H2,1H3/t19-,23-,25+/m1/s1. The molecule has 3 aromatic rings. The van der Waals surface area contributed by atoms with Crippen molar-refractivity contribution in [2.75, 3.05) is 13.7 Å². The number of hydrogen-bond donors (Lipinski definition) is 4. The summed E-state index contributed by atoms with van der Waals surface area (Å²) in [5.74, 6) is 0.311. The Labute approximate surface area is 194 Å². The minimum absolute atomic E-state index is 0.00959. The average Bonchev–Trinajstić information content (AvgIpc) is 2.82. The van der Waals surface area contributed by atoms with Crippen molar-refractivity contribution in [1.29, 1.82) is 0 Å². The summed E-state index contributed by atoms with van der Waals surface area (Å²) >= 11 is 0. The topological polar surface area (TPSA) is 135 Å². The second-order valence-corrected chi connectivity index (χ2v) is 8.09. The van der Waals surface area contributed by atoms with E-state index in [0.29, 0.717) is 22.6 Å². The summed E-state index contributed by atoms with van der Waals surface area (Å²) in [4.78, 5) is 12.6. The van der Waals surface area contributed by atoms with Crippen LogP contribution in [0.15, 0.2) is 48.5 Å². The van der Waals surface area contributed by atoms with Crippen LogP contribution in [0.1, 0.15) is 40.1 Å². The number of rotatable bonds is 4. The first kappa shape index (κ1) is 21.7. The Bertz CT molecular complexity index is 1270. The lowest BCUT2D eigenvalue weighted by molar-refractivity contribution is -0.0126. The number of Topliss-reactive ketones (excluding diaryl/α,β-unsaturated/α-hetero) is 1. The van der Waals surface area contributed by atoms with Gasteiger partial charge in [0.2, 0.25) is 0 Å². The largest absolute Gasteiger partial charge is 0.508 e. The number of aromatic hydroxyl groups is 3. The molecule has 0 aliphatic carbocycles. The van der Waals surface area contributed by atoms with Crippen LogP contribution in [-0.4, -0.2) is 46.0 Å². The van der Waals surface area contributed by atoms with E-state index in [1.807, 2.05) is 0 Å². The Balaban J connectivity index is 1.43. The van der Waals surface area contributed by atoms with Crippen LogP contribution < -0.4 is 18.9 Å². The van der Waals surface area contributed by atoms with Gasteiger partial charge in [-0.1, -0.05) is 12.1 Å². The highest BCUT2D eigenvalue weighted by Crippen LogP contribution is 2.45. The lowest BCUT2D eigenvalue weighted by Crippen LogP contribution is -2.36. The molecule has 0 unspecified atom stereocenters. The van der Waals surface area contributed by atoms with E-state index in [9.17, 15) is 25.2 Å². The highest BCUT2D eigenvalue weighted by Gasteiger charge is 2.35. The molecule has 0 saturated heterocycles. The van der Waals surface area contributed by atoms with Gasteiger partial charge in [0.1, 0.15) is 28.9 Å². The van der Waals surface area contributed by atoms with E-state index in [1.54, 1.807) is 30.3 Å². The van der Waals surface area contributed by atoms with Crippen molar-refractivity contribution in [1.82, 2.24) is 0 Å². The third-order valence-electron chi connectivity index (χ3n) is 5.91. The number of benzene rings is 3. The Morgan fingerprint density at radius 2 is 1.68 bits per heavy atom. The quantitative estimate of drug-likeness (QED) is 0.456. The van der Waals surface area contributed by atoms with Gasteiger partial charge in [-0.05, 0) is 29.8 Å². The van der Waals surface area contributed by atoms with E-state index in [2.05, 4.69) is 0 Å². The van der Waals surface area contributed by atoms with Gasteiger partial charge in [0.05, 0.1) is 20.1 Å². The number of ether oxygens (including phenoxy) is 4. The Hall–Kier alpha value is -4.11. The van der Waals surface area contributed by atoms with E-state index in [-0.39, 0.29) is 53.1 Å². The smallest absolute Gasteiger partial charge is 0.174 e. The summed E-state index contributed by atoms with van der Waals surface area (Å²) in [6.07, 6.45) is -2.06. The van der Waals surface area contributed by atoms with E-state index < -0.39 is 18.3 Å². The fraction of sp³-hybridized carbons (Fsp3) is 0.240. The fourth-order valence-electron chi connectivity index (χ4n) is 4.25. The monoisotopic (exact) mass is 466 g/mol. The van der Waals surface area contributed by atoms with Crippen molar-refractivity contribution in [2.24, 2.45) is 0 Å². The molecule has 9 nitrogen and oxygen atoms in total. The first-order valence-corrected chi connectivity index (χ1v) is 10.6. The zero-order valence-electron chi connectivity index (χ0n) is 18.1. The van der Waals surface area contributed by atoms with Crippen LogP contribution >= 0.6 is 0 Å². The van der Waals surface area contributed by atoms with E-state index >= 15 is 0 Å². The molecular formula is C25H22O9. The number of carbonyl (C=O) groups is 1. The Morgan fingerprint density at radius 1 is 0.882 bits per heavy atom. The summed E-state index contributed by atoms with van der Waals surface area (Å²) in [5, 5.41) is 39.6. The Morgan fingerprint density at radius 3 is 2.44 bits per heavy atom. The molecule has 0 amide bonds. The molecule has 5 rings (SSSR count). The summed E-state index contributed by atoms with van der Waals surface area (Å²) in [6.45, 7) is -0.331. The van der Waals surface area contributed by atoms with Gasteiger partial charge in [-0.2, -0.15) is 0 Å². The maximum Gasteiger partial charge on any atom is 0.174 e. The minimum atomic E-state index is -0.736. The van der Waals surface area contributed by atoms with Crippen molar-refractivity contribution in [3.63, 3.8) is 0 Å². The first-order valence-electron chi connectivity index (χ1n) is 10.6. The number of methoxy groups -OCH3 is 1.